The second kappa shape index (κ2) is 7.80. The summed E-state index contributed by atoms with van der Waals surface area (Å²) in [6, 6.07) is 8.16. The Kier molecular flexibility index (Phi) is 5.36. The smallest absolute Gasteiger partial charge is 0.227 e. The lowest BCUT2D eigenvalue weighted by Crippen LogP contribution is -2.45. The van der Waals surface area contributed by atoms with Crippen molar-refractivity contribution < 1.29 is 9.66 Å². The van der Waals surface area contributed by atoms with Crippen molar-refractivity contribution in [1.82, 2.24) is 9.97 Å². The van der Waals surface area contributed by atoms with Gasteiger partial charge in [-0.2, -0.15) is 4.98 Å². The van der Waals surface area contributed by atoms with E-state index in [0.29, 0.717) is 29.9 Å². The van der Waals surface area contributed by atoms with Crippen LogP contribution in [0.25, 0.3) is 0 Å². The molecule has 1 atom stereocenters. The first-order valence-corrected chi connectivity index (χ1v) is 12.8. The number of aromatic nitrogens is 2. The quantitative estimate of drug-likeness (QED) is 0.658. The molecule has 1 saturated carbocycles. The Hall–Kier alpha value is -1.54. The number of fused-ring (bicyclic) bond motifs is 1. The molecule has 0 radical (unpaired) electrons. The third-order valence-electron chi connectivity index (χ3n) is 7.07. The number of nitrogens with one attached hydrogen (secondary N) is 1. The molecule has 8 heteroatoms. The summed E-state index contributed by atoms with van der Waals surface area (Å²) in [7, 11) is 0. The van der Waals surface area contributed by atoms with Crippen LogP contribution in [-0.2, 0) is 17.6 Å². The zero-order valence-electron chi connectivity index (χ0n) is 18.0. The average molecular weight is 461 g/mol. The summed E-state index contributed by atoms with van der Waals surface area (Å²) in [5, 5.41) is 14.9. The minimum Gasteiger partial charge on any atom is -0.611 e. The Morgan fingerprint density at radius 1 is 1.19 bits per heavy atom. The van der Waals surface area contributed by atoms with Crippen LogP contribution in [0.5, 0.6) is 0 Å². The summed E-state index contributed by atoms with van der Waals surface area (Å²) in [6.45, 7) is 5.41. The van der Waals surface area contributed by atoms with Crippen LogP contribution >= 0.6 is 11.6 Å². The fraction of sp³-hybridized carbons (Fsp3) is 0.565. The molecule has 2 N–H and O–H groups in total. The molecule has 2 aliphatic heterocycles. The molecule has 6 nitrogen and oxygen atoms in total. The maximum Gasteiger partial charge on any atom is 0.227 e. The van der Waals surface area contributed by atoms with Crippen molar-refractivity contribution in [3.8, 4) is 0 Å². The first kappa shape index (κ1) is 21.3. The molecule has 1 aromatic carbocycles. The fourth-order valence-corrected chi connectivity index (χ4v) is 6.23. The number of rotatable bonds is 5. The van der Waals surface area contributed by atoms with Gasteiger partial charge in [0, 0.05) is 24.5 Å². The minimum atomic E-state index is -1.09. The van der Waals surface area contributed by atoms with Crippen LogP contribution in [-0.4, -0.2) is 49.6 Å². The van der Waals surface area contributed by atoms with Gasteiger partial charge in [-0.3, -0.25) is 0 Å². The van der Waals surface area contributed by atoms with Crippen LogP contribution in [0.4, 0.5) is 11.8 Å². The van der Waals surface area contributed by atoms with Gasteiger partial charge in [0.15, 0.2) is 5.82 Å². The first-order chi connectivity index (χ1) is 14.8. The molecule has 0 bridgehead atoms. The Bertz CT molecular complexity index is 967. The van der Waals surface area contributed by atoms with Crippen molar-refractivity contribution in [2.45, 2.75) is 67.9 Å². The van der Waals surface area contributed by atoms with E-state index in [2.05, 4.69) is 22.3 Å². The summed E-state index contributed by atoms with van der Waals surface area (Å²) >= 11 is 4.95. The van der Waals surface area contributed by atoms with Gasteiger partial charge in [-0.25, -0.2) is 4.98 Å². The predicted molar refractivity (Wildman–Crippen MR) is 125 cm³/mol. The van der Waals surface area contributed by atoms with Crippen molar-refractivity contribution in [3.63, 3.8) is 0 Å². The molecular weight excluding hydrogens is 432 g/mol. The highest BCUT2D eigenvalue weighted by Gasteiger charge is 2.55. The number of anilines is 2. The van der Waals surface area contributed by atoms with E-state index in [0.717, 1.165) is 54.4 Å². The van der Waals surface area contributed by atoms with E-state index in [9.17, 15) is 9.66 Å². The second-order valence-corrected chi connectivity index (χ2v) is 11.5. The number of aliphatic hydroxyl groups is 1. The van der Waals surface area contributed by atoms with Crippen molar-refractivity contribution in [3.05, 3.63) is 40.5 Å². The summed E-state index contributed by atoms with van der Waals surface area (Å²) < 4.78 is 12.7. The fourth-order valence-electron chi connectivity index (χ4n) is 4.80. The topological polar surface area (TPSA) is 84.3 Å². The Labute approximate surface area is 191 Å². The van der Waals surface area contributed by atoms with E-state index in [1.807, 2.05) is 26.0 Å². The molecule has 2 fully saturated rings. The van der Waals surface area contributed by atoms with E-state index < -0.39 is 22.3 Å². The molecule has 1 unspecified atom stereocenters. The van der Waals surface area contributed by atoms with Crippen molar-refractivity contribution in [1.29, 1.82) is 0 Å². The lowest BCUT2D eigenvalue weighted by molar-refractivity contribution is 0.0493. The van der Waals surface area contributed by atoms with Gasteiger partial charge in [-0.05, 0) is 74.3 Å². The van der Waals surface area contributed by atoms with Gasteiger partial charge in [0.1, 0.15) is 11.4 Å². The molecule has 1 aromatic heterocycles. The van der Waals surface area contributed by atoms with E-state index >= 15 is 0 Å². The van der Waals surface area contributed by atoms with Crippen LogP contribution < -0.4 is 10.2 Å². The monoisotopic (exact) mass is 460 g/mol. The van der Waals surface area contributed by atoms with Crippen LogP contribution in [0, 0.1) is 0 Å². The number of hydrogen-bond acceptors (Lipinski definition) is 6. The highest BCUT2D eigenvalue weighted by atomic mass is 35.5. The molecule has 166 valence electrons. The molecule has 1 saturated heterocycles. The van der Waals surface area contributed by atoms with Gasteiger partial charge in [0.2, 0.25) is 10.8 Å². The lowest BCUT2D eigenvalue weighted by atomic mass is 9.89. The number of benzene rings is 1. The third-order valence-corrected chi connectivity index (χ3v) is 8.79. The maximum absolute atomic E-state index is 12.7. The molecule has 0 amide bonds. The molecule has 3 aliphatic rings. The van der Waals surface area contributed by atoms with E-state index in [1.54, 1.807) is 0 Å². The van der Waals surface area contributed by atoms with Gasteiger partial charge in [0.05, 0.1) is 11.1 Å². The molecule has 1 aliphatic carbocycles. The highest BCUT2D eigenvalue weighted by molar-refractivity contribution is 7.91. The second-order valence-electron chi connectivity index (χ2n) is 9.53. The minimum absolute atomic E-state index is 0.402. The maximum atomic E-state index is 12.7. The van der Waals surface area contributed by atoms with Crippen LogP contribution in [0.3, 0.4) is 0 Å². The molecule has 31 heavy (non-hydrogen) atoms. The number of piperidine rings is 1. The lowest BCUT2D eigenvalue weighted by Gasteiger charge is -2.34. The third kappa shape index (κ3) is 4.01. The molecular formula is C23H29ClN4O2S. The largest absolute Gasteiger partial charge is 0.611 e. The predicted octanol–water partition coefficient (Wildman–Crippen LogP) is 3.89. The normalized spacial score (nSPS) is 23.0. The van der Waals surface area contributed by atoms with E-state index in [-0.39, 0.29) is 0 Å². The van der Waals surface area contributed by atoms with Gasteiger partial charge in [0.25, 0.3) is 0 Å². The standard InChI is InChI=1S/C23H29ClN4O2S/c1-22(2,29)23(10-11-23)27-20-19-18(9-14-31(19)30)25-21(26-20)28-12-7-16(8-13-28)15-3-5-17(24)6-4-15/h3-6,16,29H,7-14H2,1-2H3,(H,25,26,27). The van der Waals surface area contributed by atoms with Crippen LogP contribution in [0.2, 0.25) is 5.02 Å². The zero-order chi connectivity index (χ0) is 21.8. The Morgan fingerprint density at radius 2 is 1.87 bits per heavy atom. The zero-order valence-corrected chi connectivity index (χ0v) is 19.6. The summed E-state index contributed by atoms with van der Waals surface area (Å²) in [5.41, 5.74) is 0.942. The van der Waals surface area contributed by atoms with Crippen molar-refractivity contribution in [2.75, 3.05) is 29.1 Å². The van der Waals surface area contributed by atoms with Gasteiger partial charge in [-0.15, -0.1) is 0 Å². The molecule has 0 spiro atoms. The number of nitrogens with zero attached hydrogens (tertiary/aromatic N) is 3. The molecule has 2 aromatic rings. The molecule has 3 heterocycles. The Morgan fingerprint density at radius 3 is 2.48 bits per heavy atom. The number of hydrogen-bond donors (Lipinski definition) is 2. The summed E-state index contributed by atoms with van der Waals surface area (Å²) in [5.74, 6) is 2.46. The summed E-state index contributed by atoms with van der Waals surface area (Å²) in [4.78, 5) is 12.6. The molecule has 5 rings (SSSR count). The average Bonchev–Trinajstić information content (AvgIpc) is 3.44. The summed E-state index contributed by atoms with van der Waals surface area (Å²) in [6.07, 6.45) is 4.53. The Balaban J connectivity index is 1.37. The van der Waals surface area contributed by atoms with Crippen LogP contribution in [0.15, 0.2) is 29.2 Å². The first-order valence-electron chi connectivity index (χ1n) is 11.1. The number of halogens is 1. The van der Waals surface area contributed by atoms with Crippen molar-refractivity contribution >= 4 is 34.5 Å². The van der Waals surface area contributed by atoms with Crippen LogP contribution in [0.1, 0.15) is 56.7 Å². The van der Waals surface area contributed by atoms with Gasteiger partial charge in [-0.1, -0.05) is 23.7 Å². The SMILES string of the molecule is CC(C)(O)C1(Nc2nc(N3CCC(c4ccc(Cl)cc4)CC3)nc3c2[S+]([O-])CC3)CC1. The van der Waals surface area contributed by atoms with E-state index in [1.165, 1.54) is 5.56 Å². The van der Waals surface area contributed by atoms with Gasteiger partial charge >= 0.3 is 0 Å². The van der Waals surface area contributed by atoms with Crippen molar-refractivity contribution in [2.24, 2.45) is 0 Å². The van der Waals surface area contributed by atoms with Gasteiger partial charge < -0.3 is 19.9 Å². The highest BCUT2D eigenvalue weighted by Crippen LogP contribution is 2.48. The van der Waals surface area contributed by atoms with E-state index in [4.69, 9.17) is 21.6 Å². The number of aryl methyl sites for hydroxylation is 1.